The summed E-state index contributed by atoms with van der Waals surface area (Å²) in [6, 6.07) is 13.4. The first-order valence-electron chi connectivity index (χ1n) is 7.61. The molecular formula is C18H18N2O3. The first-order valence-corrected chi connectivity index (χ1v) is 7.61. The van der Waals surface area contributed by atoms with Gasteiger partial charge in [0.2, 0.25) is 0 Å². The van der Waals surface area contributed by atoms with Crippen LogP contribution in [0.1, 0.15) is 22.5 Å². The van der Waals surface area contributed by atoms with Crippen molar-refractivity contribution >= 4 is 11.9 Å². The molecule has 2 aromatic rings. The van der Waals surface area contributed by atoms with Crippen LogP contribution >= 0.6 is 0 Å². The highest BCUT2D eigenvalue weighted by Crippen LogP contribution is 2.22. The van der Waals surface area contributed by atoms with Gasteiger partial charge in [0.1, 0.15) is 0 Å². The van der Waals surface area contributed by atoms with Crippen LogP contribution in [-0.2, 0) is 4.79 Å². The molecule has 1 N–H and O–H groups in total. The number of rotatable bonds is 3. The second kappa shape index (κ2) is 6.20. The summed E-state index contributed by atoms with van der Waals surface area (Å²) in [7, 11) is 0. The summed E-state index contributed by atoms with van der Waals surface area (Å²) in [5.41, 5.74) is 3.03. The number of nitrogens with zero attached hydrogens (tertiary/aromatic N) is 2. The van der Waals surface area contributed by atoms with Gasteiger partial charge in [-0.25, -0.2) is 0 Å². The highest BCUT2D eigenvalue weighted by molar-refractivity contribution is 5.96. The van der Waals surface area contributed by atoms with E-state index >= 15 is 0 Å². The van der Waals surface area contributed by atoms with Crippen molar-refractivity contribution in [1.29, 1.82) is 0 Å². The summed E-state index contributed by atoms with van der Waals surface area (Å²) in [5.74, 6) is -1.44. The predicted molar refractivity (Wildman–Crippen MR) is 86.1 cm³/mol. The summed E-state index contributed by atoms with van der Waals surface area (Å²) in [5, 5.41) is 9.05. The molecule has 0 aliphatic carbocycles. The molecule has 0 unspecified atom stereocenters. The number of carboxylic acid groups (broad SMARTS) is 1. The lowest BCUT2D eigenvalue weighted by Gasteiger charge is -2.17. The molecule has 5 heteroatoms. The van der Waals surface area contributed by atoms with Gasteiger partial charge in [-0.05, 0) is 25.5 Å². The summed E-state index contributed by atoms with van der Waals surface area (Å²) in [4.78, 5) is 29.7. The summed E-state index contributed by atoms with van der Waals surface area (Å²) in [6.45, 7) is 2.56. The number of pyridine rings is 1. The molecule has 5 nitrogen and oxygen atoms in total. The summed E-state index contributed by atoms with van der Waals surface area (Å²) < 4.78 is 0. The number of aryl methyl sites for hydroxylation is 1. The minimum Gasteiger partial charge on any atom is -0.481 e. The van der Waals surface area contributed by atoms with Crippen molar-refractivity contribution in [2.75, 3.05) is 13.1 Å². The Morgan fingerprint density at radius 3 is 2.52 bits per heavy atom. The maximum atomic E-state index is 12.6. The largest absolute Gasteiger partial charge is 0.481 e. The monoisotopic (exact) mass is 310 g/mol. The Morgan fingerprint density at radius 1 is 1.17 bits per heavy atom. The third-order valence-electron chi connectivity index (χ3n) is 4.21. The van der Waals surface area contributed by atoms with Gasteiger partial charge in [0.15, 0.2) is 0 Å². The molecule has 0 saturated carbocycles. The molecule has 118 valence electrons. The zero-order valence-electron chi connectivity index (χ0n) is 12.9. The van der Waals surface area contributed by atoms with Crippen LogP contribution in [0.5, 0.6) is 0 Å². The average Bonchev–Trinajstić information content (AvgIpc) is 3.05. The Morgan fingerprint density at radius 2 is 1.91 bits per heavy atom. The van der Waals surface area contributed by atoms with Crippen molar-refractivity contribution in [1.82, 2.24) is 9.88 Å². The van der Waals surface area contributed by atoms with Crippen LogP contribution in [0.25, 0.3) is 11.3 Å². The molecule has 1 aromatic heterocycles. The van der Waals surface area contributed by atoms with E-state index in [1.165, 1.54) is 0 Å². The van der Waals surface area contributed by atoms with Crippen LogP contribution < -0.4 is 0 Å². The van der Waals surface area contributed by atoms with Crippen molar-refractivity contribution in [3.05, 3.63) is 53.7 Å². The van der Waals surface area contributed by atoms with Crippen molar-refractivity contribution < 1.29 is 14.7 Å². The fourth-order valence-electron chi connectivity index (χ4n) is 2.87. The van der Waals surface area contributed by atoms with Gasteiger partial charge in [-0.15, -0.1) is 0 Å². The van der Waals surface area contributed by atoms with Crippen LogP contribution in [0, 0.1) is 12.8 Å². The number of carbonyl (C=O) groups excluding carboxylic acids is 1. The Labute approximate surface area is 134 Å². The van der Waals surface area contributed by atoms with Gasteiger partial charge in [0.05, 0.1) is 22.9 Å². The number of aliphatic carboxylic acids is 1. The molecule has 1 atom stereocenters. The Hall–Kier alpha value is -2.69. The summed E-state index contributed by atoms with van der Waals surface area (Å²) in [6.07, 6.45) is 0.510. The van der Waals surface area contributed by atoms with Crippen LogP contribution in [-0.4, -0.2) is 40.0 Å². The second-order valence-electron chi connectivity index (χ2n) is 5.77. The van der Waals surface area contributed by atoms with E-state index in [-0.39, 0.29) is 12.5 Å². The molecule has 3 rings (SSSR count). The van der Waals surface area contributed by atoms with Gasteiger partial charge in [0.25, 0.3) is 5.91 Å². The molecule has 1 aliphatic rings. The lowest BCUT2D eigenvalue weighted by molar-refractivity contribution is -0.141. The van der Waals surface area contributed by atoms with Gasteiger partial charge >= 0.3 is 5.97 Å². The van der Waals surface area contributed by atoms with E-state index in [0.717, 1.165) is 11.3 Å². The minimum absolute atomic E-state index is 0.140. The average molecular weight is 310 g/mol. The predicted octanol–water partition coefficient (Wildman–Crippen LogP) is 2.60. The van der Waals surface area contributed by atoms with E-state index in [4.69, 9.17) is 5.11 Å². The smallest absolute Gasteiger partial charge is 0.308 e. The molecular weight excluding hydrogens is 292 g/mol. The lowest BCUT2D eigenvalue weighted by atomic mass is 10.1. The fraction of sp³-hybridized carbons (Fsp3) is 0.278. The zero-order chi connectivity index (χ0) is 16.4. The number of carboxylic acids is 1. The van der Waals surface area contributed by atoms with E-state index < -0.39 is 11.9 Å². The fourth-order valence-corrected chi connectivity index (χ4v) is 2.87. The van der Waals surface area contributed by atoms with Gasteiger partial charge in [-0.3, -0.25) is 14.6 Å². The van der Waals surface area contributed by atoms with Gasteiger partial charge in [-0.1, -0.05) is 30.3 Å². The van der Waals surface area contributed by atoms with Gasteiger partial charge in [-0.2, -0.15) is 0 Å². The Bertz CT molecular complexity index is 743. The third kappa shape index (κ3) is 3.08. The van der Waals surface area contributed by atoms with Crippen molar-refractivity contribution in [2.45, 2.75) is 13.3 Å². The molecule has 1 aromatic carbocycles. The number of benzene rings is 1. The van der Waals surface area contributed by atoms with Crippen LogP contribution in [0.2, 0.25) is 0 Å². The first kappa shape index (κ1) is 15.2. The van der Waals surface area contributed by atoms with Crippen molar-refractivity contribution in [3.8, 4) is 11.3 Å². The number of hydrogen-bond donors (Lipinski definition) is 1. The van der Waals surface area contributed by atoms with Crippen molar-refractivity contribution in [2.24, 2.45) is 5.92 Å². The third-order valence-corrected chi connectivity index (χ3v) is 4.21. The Balaban J connectivity index is 1.81. The number of carbonyl (C=O) groups is 2. The molecule has 0 spiro atoms. The molecule has 1 amide bonds. The maximum Gasteiger partial charge on any atom is 0.308 e. The maximum absolute atomic E-state index is 12.6. The highest BCUT2D eigenvalue weighted by Gasteiger charge is 2.31. The number of likely N-dealkylation sites (tertiary alicyclic amines) is 1. The van der Waals surface area contributed by atoms with Gasteiger partial charge in [0, 0.05) is 18.7 Å². The molecule has 23 heavy (non-hydrogen) atoms. The lowest BCUT2D eigenvalue weighted by Crippen LogP contribution is -2.30. The van der Waals surface area contributed by atoms with E-state index in [0.29, 0.717) is 24.2 Å². The number of amides is 1. The topological polar surface area (TPSA) is 70.5 Å². The van der Waals surface area contributed by atoms with Crippen LogP contribution in [0.15, 0.2) is 42.5 Å². The quantitative estimate of drug-likeness (QED) is 0.946. The first-order chi connectivity index (χ1) is 11.1. The second-order valence-corrected chi connectivity index (χ2v) is 5.77. The van der Waals surface area contributed by atoms with E-state index in [9.17, 15) is 9.59 Å². The minimum atomic E-state index is -0.838. The SMILES string of the molecule is Cc1nc(-c2ccccc2)ccc1C(=O)N1CC[C@@H](C(=O)O)C1. The van der Waals surface area contributed by atoms with Crippen LogP contribution in [0.3, 0.4) is 0 Å². The number of hydrogen-bond acceptors (Lipinski definition) is 3. The normalized spacial score (nSPS) is 17.3. The highest BCUT2D eigenvalue weighted by atomic mass is 16.4. The van der Waals surface area contributed by atoms with E-state index in [1.54, 1.807) is 11.0 Å². The van der Waals surface area contributed by atoms with E-state index in [2.05, 4.69) is 4.98 Å². The van der Waals surface area contributed by atoms with E-state index in [1.807, 2.05) is 43.3 Å². The number of aromatic nitrogens is 1. The van der Waals surface area contributed by atoms with Crippen molar-refractivity contribution in [3.63, 3.8) is 0 Å². The molecule has 1 saturated heterocycles. The summed E-state index contributed by atoms with van der Waals surface area (Å²) >= 11 is 0. The standard InChI is InChI=1S/C18H18N2O3/c1-12-15(17(21)20-10-9-14(11-20)18(22)23)7-8-16(19-12)13-5-3-2-4-6-13/h2-8,14H,9-11H2,1H3,(H,22,23)/t14-/m1/s1. The molecule has 0 bridgehead atoms. The molecule has 1 fully saturated rings. The zero-order valence-corrected chi connectivity index (χ0v) is 12.9. The molecule has 2 heterocycles. The molecule has 1 aliphatic heterocycles. The Kier molecular flexibility index (Phi) is 4.10. The van der Waals surface area contributed by atoms with Crippen LogP contribution in [0.4, 0.5) is 0 Å². The van der Waals surface area contributed by atoms with Gasteiger partial charge < -0.3 is 10.0 Å². The molecule has 0 radical (unpaired) electrons.